The molecule has 42 valence electrons. The molecule has 0 fully saturated rings. The second-order valence-corrected chi connectivity index (χ2v) is 1.14. The van der Waals surface area contributed by atoms with E-state index in [0.29, 0.717) is 6.42 Å². The van der Waals surface area contributed by atoms with E-state index in [2.05, 4.69) is 24.2 Å². The largest absolute Gasteiger partial charge is 0.395 e. The lowest BCUT2D eigenvalue weighted by Gasteiger charge is -1.73. The fraction of sp³-hybridized carbons (Fsp3) is 0.286. The van der Waals surface area contributed by atoms with Gasteiger partial charge >= 0.3 is 0 Å². The second kappa shape index (κ2) is 6.04. The predicted molar refractivity (Wildman–Crippen MR) is 33.2 cm³/mol. The van der Waals surface area contributed by atoms with Crippen molar-refractivity contribution in [2.24, 2.45) is 0 Å². The molecule has 1 N–H and O–H groups in total. The van der Waals surface area contributed by atoms with Crippen LogP contribution in [0.25, 0.3) is 0 Å². The average molecular weight is 108 g/mol. The Morgan fingerprint density at radius 2 is 2.38 bits per heavy atom. The number of rotatable bonds is 1. The number of allylic oxidation sites excluding steroid dienone is 1. The summed E-state index contributed by atoms with van der Waals surface area (Å²) in [6.45, 7) is 3.44. The van der Waals surface area contributed by atoms with Gasteiger partial charge in [0.15, 0.2) is 0 Å². The molecule has 0 bridgehead atoms. The average Bonchev–Trinajstić information content (AvgIpc) is 1.81. The van der Waals surface area contributed by atoms with Crippen LogP contribution in [0.1, 0.15) is 6.42 Å². The third-order valence-corrected chi connectivity index (χ3v) is 0.513. The van der Waals surface area contributed by atoms with E-state index in [0.717, 1.165) is 0 Å². The van der Waals surface area contributed by atoms with Crippen LogP contribution in [0.15, 0.2) is 18.4 Å². The Morgan fingerprint density at radius 3 is 2.88 bits per heavy atom. The molecule has 0 aliphatic heterocycles. The highest BCUT2D eigenvalue weighted by atomic mass is 16.2. The van der Waals surface area contributed by atoms with Crippen LogP contribution < -0.4 is 0 Å². The third kappa shape index (κ3) is 5.04. The first-order valence-electron chi connectivity index (χ1n) is 2.35. The van der Waals surface area contributed by atoms with Gasteiger partial charge in [-0.1, -0.05) is 18.4 Å². The van der Waals surface area contributed by atoms with E-state index in [1.807, 2.05) is 0 Å². The van der Waals surface area contributed by atoms with Crippen LogP contribution in [-0.4, -0.2) is 11.7 Å². The Balaban J connectivity index is 3.35. The zero-order valence-corrected chi connectivity index (χ0v) is 4.65. The summed E-state index contributed by atoms with van der Waals surface area (Å²) in [5, 5.41) is 8.21. The summed E-state index contributed by atoms with van der Waals surface area (Å²) in [5.41, 5.74) is 2.50. The van der Waals surface area contributed by atoms with Crippen molar-refractivity contribution in [1.82, 2.24) is 0 Å². The van der Waals surface area contributed by atoms with Crippen LogP contribution in [0.5, 0.6) is 0 Å². The molecule has 0 heterocycles. The number of hydrogen-bond acceptors (Lipinski definition) is 1. The molecule has 8 heavy (non-hydrogen) atoms. The fourth-order valence-electron chi connectivity index (χ4n) is 0.230. The van der Waals surface area contributed by atoms with Gasteiger partial charge in [0.05, 0.1) is 6.61 Å². The maximum atomic E-state index is 8.21. The second-order valence-electron chi connectivity index (χ2n) is 1.14. The van der Waals surface area contributed by atoms with Crippen LogP contribution in [0.2, 0.25) is 0 Å². The van der Waals surface area contributed by atoms with Crippen molar-refractivity contribution >= 4 is 0 Å². The zero-order valence-electron chi connectivity index (χ0n) is 4.65. The van der Waals surface area contributed by atoms with Gasteiger partial charge in [0, 0.05) is 12.5 Å². The lowest BCUT2D eigenvalue weighted by atomic mass is 10.4. The minimum absolute atomic E-state index is 0.123. The van der Waals surface area contributed by atoms with E-state index >= 15 is 0 Å². The zero-order chi connectivity index (χ0) is 6.24. The molecular weight excluding hydrogens is 100 g/mol. The summed E-state index contributed by atoms with van der Waals surface area (Å²) < 4.78 is 0. The van der Waals surface area contributed by atoms with Gasteiger partial charge < -0.3 is 5.11 Å². The number of hydrogen-bond donors (Lipinski definition) is 1. The molecule has 0 aromatic carbocycles. The van der Waals surface area contributed by atoms with Gasteiger partial charge in [-0.05, 0) is 0 Å². The Morgan fingerprint density at radius 1 is 1.62 bits per heavy atom. The van der Waals surface area contributed by atoms with Crippen molar-refractivity contribution in [1.29, 1.82) is 0 Å². The highest BCUT2D eigenvalue weighted by Gasteiger charge is 1.65. The molecule has 0 aromatic rings. The topological polar surface area (TPSA) is 20.2 Å². The first kappa shape index (κ1) is 7.04. The van der Waals surface area contributed by atoms with Crippen LogP contribution >= 0.6 is 0 Å². The lowest BCUT2D eigenvalue weighted by Crippen LogP contribution is -1.74. The standard InChI is InChI=1S/C7H8O/c1-2-3-4-5-6-7-8/h3,8H,1,6-7H2. The molecule has 0 aromatic heterocycles. The van der Waals surface area contributed by atoms with Crippen molar-refractivity contribution in [3.05, 3.63) is 18.4 Å². The monoisotopic (exact) mass is 108 g/mol. The van der Waals surface area contributed by atoms with Crippen LogP contribution in [0.4, 0.5) is 0 Å². The Hall–Kier alpha value is -0.960. The molecule has 0 spiro atoms. The van der Waals surface area contributed by atoms with E-state index in [9.17, 15) is 0 Å². The number of aliphatic hydroxyl groups is 1. The summed E-state index contributed by atoms with van der Waals surface area (Å²) in [5.74, 6) is 5.31. The molecule has 0 atom stereocenters. The summed E-state index contributed by atoms with van der Waals surface area (Å²) in [6, 6.07) is 0. The summed E-state index contributed by atoms with van der Waals surface area (Å²) >= 11 is 0. The van der Waals surface area contributed by atoms with Crippen LogP contribution in [0, 0.1) is 11.8 Å². The van der Waals surface area contributed by atoms with Gasteiger partial charge in [-0.2, -0.15) is 0 Å². The van der Waals surface area contributed by atoms with E-state index in [-0.39, 0.29) is 6.61 Å². The molecular formula is C7H8O. The van der Waals surface area contributed by atoms with Crippen molar-refractivity contribution in [2.45, 2.75) is 6.42 Å². The van der Waals surface area contributed by atoms with Crippen molar-refractivity contribution in [3.8, 4) is 11.8 Å². The highest BCUT2D eigenvalue weighted by molar-refractivity contribution is 5.13. The van der Waals surface area contributed by atoms with Gasteiger partial charge in [-0.15, -0.1) is 5.73 Å². The molecule has 0 aliphatic carbocycles. The first-order valence-corrected chi connectivity index (χ1v) is 2.35. The van der Waals surface area contributed by atoms with Crippen LogP contribution in [-0.2, 0) is 0 Å². The number of aliphatic hydroxyl groups excluding tert-OH is 1. The van der Waals surface area contributed by atoms with E-state index in [4.69, 9.17) is 5.11 Å². The smallest absolute Gasteiger partial charge is 0.0540 e. The first-order chi connectivity index (χ1) is 3.91. The Kier molecular flexibility index (Phi) is 5.32. The van der Waals surface area contributed by atoms with Gasteiger partial charge in [-0.25, -0.2) is 0 Å². The van der Waals surface area contributed by atoms with Crippen LogP contribution in [0.3, 0.4) is 0 Å². The molecule has 0 amide bonds. The minimum Gasteiger partial charge on any atom is -0.395 e. The van der Waals surface area contributed by atoms with Crippen molar-refractivity contribution in [3.63, 3.8) is 0 Å². The SMILES string of the molecule is C=C=CC#CCCO. The molecule has 0 aliphatic rings. The van der Waals surface area contributed by atoms with E-state index in [1.165, 1.54) is 6.08 Å². The molecule has 1 heteroatoms. The normalized spacial score (nSPS) is 6.12. The predicted octanol–water partition coefficient (Wildman–Crippen LogP) is 0.713. The van der Waals surface area contributed by atoms with Crippen molar-refractivity contribution < 1.29 is 5.11 Å². The molecule has 0 rings (SSSR count). The van der Waals surface area contributed by atoms with Crippen molar-refractivity contribution in [2.75, 3.05) is 6.61 Å². The lowest BCUT2D eigenvalue weighted by molar-refractivity contribution is 0.305. The van der Waals surface area contributed by atoms with Gasteiger partial charge in [0.1, 0.15) is 0 Å². The van der Waals surface area contributed by atoms with E-state index < -0.39 is 0 Å². The molecule has 0 saturated carbocycles. The molecule has 0 saturated heterocycles. The summed E-state index contributed by atoms with van der Waals surface area (Å²) in [4.78, 5) is 0. The fourth-order valence-corrected chi connectivity index (χ4v) is 0.230. The van der Waals surface area contributed by atoms with Gasteiger partial charge in [0.25, 0.3) is 0 Å². The maximum absolute atomic E-state index is 8.21. The minimum atomic E-state index is 0.123. The Labute approximate surface area is 49.3 Å². The maximum Gasteiger partial charge on any atom is 0.0540 e. The summed E-state index contributed by atoms with van der Waals surface area (Å²) in [7, 11) is 0. The third-order valence-electron chi connectivity index (χ3n) is 0.513. The molecule has 0 unspecified atom stereocenters. The van der Waals surface area contributed by atoms with Gasteiger partial charge in [-0.3, -0.25) is 0 Å². The van der Waals surface area contributed by atoms with E-state index in [1.54, 1.807) is 0 Å². The molecule has 0 radical (unpaired) electrons. The summed E-state index contributed by atoms with van der Waals surface area (Å²) in [6.07, 6.45) is 2.05. The van der Waals surface area contributed by atoms with Gasteiger partial charge in [0.2, 0.25) is 0 Å². The Bertz CT molecular complexity index is 142. The highest BCUT2D eigenvalue weighted by Crippen LogP contribution is 1.68. The quantitative estimate of drug-likeness (QED) is 0.387. The molecule has 1 nitrogen and oxygen atoms in total.